The summed E-state index contributed by atoms with van der Waals surface area (Å²) in [5, 5.41) is 6.41. The Morgan fingerprint density at radius 1 is 1.14 bits per heavy atom. The Morgan fingerprint density at radius 2 is 2.00 bits per heavy atom. The Morgan fingerprint density at radius 3 is 2.84 bits per heavy atom. The van der Waals surface area contributed by atoms with Crippen LogP contribution in [0.2, 0.25) is 0 Å². The SMILES string of the molecule is CN(C)C/C=C/C(=O)N1CC(C(=O)Nc2cc3cc(c2)Nc2nccc(n2)-c2cccc(c2)OCC/C=C/CN(C)C3)C1. The molecular formula is C33H39N7O3. The molecule has 0 atom stereocenters. The first-order chi connectivity index (χ1) is 20.8. The average molecular weight is 582 g/mol. The van der Waals surface area contributed by atoms with Crippen LogP contribution in [-0.2, 0) is 16.1 Å². The van der Waals surface area contributed by atoms with E-state index in [0.717, 1.165) is 41.2 Å². The van der Waals surface area contributed by atoms with Crippen molar-refractivity contribution in [2.24, 2.45) is 5.92 Å². The van der Waals surface area contributed by atoms with Gasteiger partial charge in [0.25, 0.3) is 0 Å². The zero-order chi connectivity index (χ0) is 30.2. The normalized spacial score (nSPS) is 16.9. The first-order valence-electron chi connectivity index (χ1n) is 14.5. The second-order valence-corrected chi connectivity index (χ2v) is 11.2. The van der Waals surface area contributed by atoms with Gasteiger partial charge in [-0.1, -0.05) is 30.4 Å². The van der Waals surface area contributed by atoms with E-state index in [1.807, 2.05) is 73.6 Å². The van der Waals surface area contributed by atoms with Gasteiger partial charge in [-0.2, -0.15) is 0 Å². The van der Waals surface area contributed by atoms with Gasteiger partial charge in [-0.15, -0.1) is 0 Å². The number of hydrogen-bond donors (Lipinski definition) is 2. The molecule has 0 saturated carbocycles. The van der Waals surface area contributed by atoms with E-state index >= 15 is 0 Å². The number of rotatable bonds is 5. The molecule has 3 heterocycles. The minimum Gasteiger partial charge on any atom is -0.493 e. The molecule has 2 aromatic carbocycles. The monoisotopic (exact) mass is 581 g/mol. The summed E-state index contributed by atoms with van der Waals surface area (Å²) >= 11 is 0. The molecule has 43 heavy (non-hydrogen) atoms. The molecule has 1 fully saturated rings. The van der Waals surface area contributed by atoms with Crippen LogP contribution in [0.5, 0.6) is 5.75 Å². The van der Waals surface area contributed by atoms with Crippen molar-refractivity contribution in [2.75, 3.05) is 64.6 Å². The molecule has 2 aliphatic heterocycles. The molecule has 0 spiro atoms. The van der Waals surface area contributed by atoms with Crippen LogP contribution in [0.4, 0.5) is 17.3 Å². The van der Waals surface area contributed by atoms with Crippen molar-refractivity contribution in [3.63, 3.8) is 0 Å². The molecule has 10 nitrogen and oxygen atoms in total. The highest BCUT2D eigenvalue weighted by Crippen LogP contribution is 2.27. The topological polar surface area (TPSA) is 103 Å². The van der Waals surface area contributed by atoms with E-state index in [4.69, 9.17) is 9.72 Å². The first-order valence-corrected chi connectivity index (χ1v) is 14.5. The van der Waals surface area contributed by atoms with Gasteiger partial charge in [0, 0.05) is 61.9 Å². The van der Waals surface area contributed by atoms with Crippen molar-refractivity contribution < 1.29 is 14.3 Å². The zero-order valence-corrected chi connectivity index (χ0v) is 25.0. The highest BCUT2D eigenvalue weighted by Gasteiger charge is 2.34. The van der Waals surface area contributed by atoms with E-state index in [2.05, 4.69) is 39.7 Å². The molecule has 0 unspecified atom stereocenters. The van der Waals surface area contributed by atoms with E-state index in [1.54, 1.807) is 17.2 Å². The summed E-state index contributed by atoms with van der Waals surface area (Å²) in [6.07, 6.45) is 10.2. The molecule has 3 aromatic rings. The third-order valence-electron chi connectivity index (χ3n) is 7.19. The van der Waals surface area contributed by atoms with Crippen molar-refractivity contribution in [2.45, 2.75) is 13.0 Å². The number of amides is 2. The van der Waals surface area contributed by atoms with E-state index in [-0.39, 0.29) is 17.7 Å². The fraction of sp³-hybridized carbons (Fsp3) is 0.333. The number of carbonyl (C=O) groups excluding carboxylic acids is 2. The van der Waals surface area contributed by atoms with Crippen molar-refractivity contribution >= 4 is 29.1 Å². The predicted molar refractivity (Wildman–Crippen MR) is 169 cm³/mol. The number of hydrogen-bond acceptors (Lipinski definition) is 8. The number of nitrogens with zero attached hydrogens (tertiary/aromatic N) is 5. The number of nitrogens with one attached hydrogen (secondary N) is 2. The summed E-state index contributed by atoms with van der Waals surface area (Å²) < 4.78 is 5.96. The first kappa shape index (κ1) is 29.9. The molecule has 0 aliphatic carbocycles. The van der Waals surface area contributed by atoms with E-state index < -0.39 is 0 Å². The molecule has 1 saturated heterocycles. The Labute approximate surface area is 253 Å². The summed E-state index contributed by atoms with van der Waals surface area (Å²) in [6, 6.07) is 15.7. The van der Waals surface area contributed by atoms with Crippen LogP contribution in [0.3, 0.4) is 0 Å². The smallest absolute Gasteiger partial charge is 0.246 e. The fourth-order valence-electron chi connectivity index (χ4n) is 4.91. The van der Waals surface area contributed by atoms with Crippen LogP contribution in [0, 0.1) is 5.92 Å². The number of ether oxygens (including phenoxy) is 1. The van der Waals surface area contributed by atoms with Crippen LogP contribution in [-0.4, -0.2) is 90.4 Å². The van der Waals surface area contributed by atoms with Gasteiger partial charge in [-0.3, -0.25) is 14.5 Å². The Hall–Kier alpha value is -4.54. The van der Waals surface area contributed by atoms with Crippen LogP contribution < -0.4 is 15.4 Å². The van der Waals surface area contributed by atoms with Crippen LogP contribution >= 0.6 is 0 Å². The maximum Gasteiger partial charge on any atom is 0.246 e. The van der Waals surface area contributed by atoms with Crippen LogP contribution in [0.1, 0.15) is 12.0 Å². The average Bonchev–Trinajstić information content (AvgIpc) is 2.93. The number of carbonyl (C=O) groups is 2. The highest BCUT2D eigenvalue weighted by molar-refractivity contribution is 5.96. The molecule has 2 N–H and O–H groups in total. The van der Waals surface area contributed by atoms with Gasteiger partial charge in [-0.25, -0.2) is 9.97 Å². The lowest BCUT2D eigenvalue weighted by atomic mass is 9.98. The quantitative estimate of drug-likeness (QED) is 0.342. The van der Waals surface area contributed by atoms with Gasteiger partial charge in [-0.05, 0) is 69.5 Å². The standard InChI is InChI=1S/C33H39N7O3/c1-38(2)14-8-11-31(41)40-22-26(23-40)32(42)35-27-17-24-18-28(20-27)36-33-34-13-12-30(37-33)25-9-7-10-29(19-25)43-16-6-4-5-15-39(3)21-24/h4-5,7-13,17-20,26H,6,14-16,21-23H2,1-3H3,(H,35,42)(H,34,36,37)/b5-4+,11-8+. The molecule has 5 rings (SSSR count). The van der Waals surface area contributed by atoms with Crippen LogP contribution in [0.25, 0.3) is 11.3 Å². The highest BCUT2D eigenvalue weighted by atomic mass is 16.5. The van der Waals surface area contributed by atoms with Crippen LogP contribution in [0.15, 0.2) is 79.0 Å². The van der Waals surface area contributed by atoms with Gasteiger partial charge >= 0.3 is 0 Å². The van der Waals surface area contributed by atoms with Gasteiger partial charge in [0.05, 0.1) is 18.2 Å². The molecule has 224 valence electrons. The number of fused-ring (bicyclic) bond motifs is 7. The number of anilines is 3. The van der Waals surface area contributed by atoms with Gasteiger partial charge in [0.2, 0.25) is 17.8 Å². The van der Waals surface area contributed by atoms with Crippen molar-refractivity contribution in [1.29, 1.82) is 0 Å². The van der Waals surface area contributed by atoms with E-state index in [1.165, 1.54) is 0 Å². The number of likely N-dealkylation sites (N-methyl/N-ethyl adjacent to an activating group) is 2. The Balaban J connectivity index is 1.33. The molecule has 6 bridgehead atoms. The third kappa shape index (κ3) is 8.50. The molecular weight excluding hydrogens is 542 g/mol. The van der Waals surface area contributed by atoms with Crippen molar-refractivity contribution in [1.82, 2.24) is 24.7 Å². The maximum absolute atomic E-state index is 13.1. The molecule has 10 heteroatoms. The second-order valence-electron chi connectivity index (χ2n) is 11.2. The lowest BCUT2D eigenvalue weighted by Crippen LogP contribution is -2.54. The molecule has 2 amide bonds. The Kier molecular flexibility index (Phi) is 9.81. The number of likely N-dealkylation sites (tertiary alicyclic amines) is 1. The fourth-order valence-corrected chi connectivity index (χ4v) is 4.91. The largest absolute Gasteiger partial charge is 0.493 e. The molecule has 2 aliphatic rings. The van der Waals surface area contributed by atoms with E-state index in [9.17, 15) is 9.59 Å². The Bertz CT molecular complexity index is 1500. The predicted octanol–water partition coefficient (Wildman–Crippen LogP) is 4.17. The third-order valence-corrected chi connectivity index (χ3v) is 7.19. The minimum absolute atomic E-state index is 0.0658. The number of aromatic nitrogens is 2. The van der Waals surface area contributed by atoms with Crippen molar-refractivity contribution in [3.8, 4) is 17.0 Å². The minimum atomic E-state index is -0.252. The van der Waals surface area contributed by atoms with Gasteiger partial charge < -0.3 is 25.2 Å². The summed E-state index contributed by atoms with van der Waals surface area (Å²) in [7, 11) is 5.95. The summed E-state index contributed by atoms with van der Waals surface area (Å²) in [5.74, 6) is 0.827. The van der Waals surface area contributed by atoms with Crippen molar-refractivity contribution in [3.05, 3.63) is 84.6 Å². The lowest BCUT2D eigenvalue weighted by Gasteiger charge is -2.37. The maximum atomic E-state index is 13.1. The molecule has 0 radical (unpaired) electrons. The van der Waals surface area contributed by atoms with E-state index in [0.29, 0.717) is 44.4 Å². The van der Waals surface area contributed by atoms with Gasteiger partial charge in [0.1, 0.15) is 5.75 Å². The zero-order valence-electron chi connectivity index (χ0n) is 25.0. The summed E-state index contributed by atoms with van der Waals surface area (Å²) in [6.45, 7) is 3.54. The number of benzene rings is 2. The lowest BCUT2D eigenvalue weighted by molar-refractivity contribution is -0.137. The second kappa shape index (κ2) is 14.1. The summed E-state index contributed by atoms with van der Waals surface area (Å²) in [4.78, 5) is 40.6. The summed E-state index contributed by atoms with van der Waals surface area (Å²) in [5.41, 5.74) is 4.18. The van der Waals surface area contributed by atoms with Gasteiger partial charge in [0.15, 0.2) is 0 Å². The molecule has 1 aromatic heterocycles.